The molecule has 26 heavy (non-hydrogen) atoms. The number of carboxylic acid groups (broad SMARTS) is 1. The molecule has 0 bridgehead atoms. The van der Waals surface area contributed by atoms with Gasteiger partial charge >= 0.3 is 5.97 Å². The van der Waals surface area contributed by atoms with E-state index in [2.05, 4.69) is 5.32 Å². The predicted octanol–water partition coefficient (Wildman–Crippen LogP) is 3.25. The van der Waals surface area contributed by atoms with E-state index in [0.29, 0.717) is 27.1 Å². The van der Waals surface area contributed by atoms with Crippen LogP contribution in [0.3, 0.4) is 0 Å². The summed E-state index contributed by atoms with van der Waals surface area (Å²) >= 11 is 12.0. The van der Waals surface area contributed by atoms with E-state index < -0.39 is 18.4 Å². The monoisotopic (exact) mass is 395 g/mol. The normalized spacial score (nSPS) is 15.1. The Morgan fingerprint density at radius 3 is 2.77 bits per heavy atom. The Bertz CT molecular complexity index is 855. The van der Waals surface area contributed by atoms with Crippen LogP contribution in [0.2, 0.25) is 10.0 Å². The van der Waals surface area contributed by atoms with Crippen LogP contribution in [0.5, 0.6) is 11.5 Å². The van der Waals surface area contributed by atoms with Gasteiger partial charge in [-0.25, -0.2) is 0 Å². The lowest BCUT2D eigenvalue weighted by Gasteiger charge is -2.10. The highest BCUT2D eigenvalue weighted by atomic mass is 35.5. The zero-order valence-corrected chi connectivity index (χ0v) is 15.0. The maximum absolute atomic E-state index is 12.1. The van der Waals surface area contributed by atoms with Crippen LogP contribution < -0.4 is 14.8 Å². The van der Waals surface area contributed by atoms with Gasteiger partial charge in [-0.2, -0.15) is 0 Å². The Labute approximate surface area is 159 Å². The number of hydrogen-bond donors (Lipinski definition) is 2. The van der Waals surface area contributed by atoms with E-state index in [4.69, 9.17) is 37.8 Å². The number of halogens is 2. The minimum Gasteiger partial charge on any atom is -0.492 e. The number of nitrogens with one attached hydrogen (secondary N) is 1. The summed E-state index contributed by atoms with van der Waals surface area (Å²) in [7, 11) is 0. The number of ether oxygens (including phenoxy) is 2. The molecule has 6 nitrogen and oxygen atoms in total. The summed E-state index contributed by atoms with van der Waals surface area (Å²) in [5, 5.41) is 12.1. The number of carboxylic acids is 1. The van der Waals surface area contributed by atoms with Crippen LogP contribution in [0, 0.1) is 0 Å². The van der Waals surface area contributed by atoms with Crippen LogP contribution in [0.1, 0.15) is 17.0 Å². The van der Waals surface area contributed by atoms with Gasteiger partial charge in [-0.1, -0.05) is 35.3 Å². The van der Waals surface area contributed by atoms with Crippen LogP contribution in [-0.2, 0) is 16.2 Å². The summed E-state index contributed by atoms with van der Waals surface area (Å²) in [4.78, 5) is 22.6. The van der Waals surface area contributed by atoms with Crippen molar-refractivity contribution in [2.24, 2.45) is 0 Å². The fraction of sp³-hybridized carbons (Fsp3) is 0.222. The SMILES string of the molecule is O=C(O)CNC(=O)C1COc2cc(OCc3ccc(Cl)cc3Cl)ccc21. The lowest BCUT2D eigenvalue weighted by molar-refractivity contribution is -0.138. The summed E-state index contributed by atoms with van der Waals surface area (Å²) in [5.74, 6) is -0.902. The topological polar surface area (TPSA) is 84.9 Å². The molecule has 136 valence electrons. The fourth-order valence-corrected chi connectivity index (χ4v) is 3.05. The van der Waals surface area contributed by atoms with Gasteiger partial charge < -0.3 is 19.9 Å². The predicted molar refractivity (Wildman–Crippen MR) is 96.1 cm³/mol. The van der Waals surface area contributed by atoms with Crippen molar-refractivity contribution in [2.75, 3.05) is 13.2 Å². The highest BCUT2D eigenvalue weighted by Gasteiger charge is 2.30. The number of rotatable bonds is 6. The van der Waals surface area contributed by atoms with E-state index in [-0.39, 0.29) is 19.1 Å². The summed E-state index contributed by atoms with van der Waals surface area (Å²) in [5.41, 5.74) is 1.49. The molecule has 0 aromatic heterocycles. The number of aliphatic carboxylic acids is 1. The summed E-state index contributed by atoms with van der Waals surface area (Å²) in [6, 6.07) is 10.3. The van der Waals surface area contributed by atoms with Crippen molar-refractivity contribution >= 4 is 35.1 Å². The van der Waals surface area contributed by atoms with Crippen molar-refractivity contribution in [2.45, 2.75) is 12.5 Å². The van der Waals surface area contributed by atoms with Crippen LogP contribution in [0.15, 0.2) is 36.4 Å². The molecule has 0 spiro atoms. The van der Waals surface area contributed by atoms with Crippen LogP contribution in [-0.4, -0.2) is 30.1 Å². The molecule has 1 aliphatic rings. The quantitative estimate of drug-likeness (QED) is 0.783. The third-order valence-corrected chi connectivity index (χ3v) is 4.49. The molecule has 1 unspecified atom stereocenters. The fourth-order valence-electron chi connectivity index (χ4n) is 2.58. The van der Waals surface area contributed by atoms with E-state index in [9.17, 15) is 9.59 Å². The molecule has 1 amide bonds. The van der Waals surface area contributed by atoms with Gasteiger partial charge in [0.05, 0.1) is 0 Å². The number of carbonyl (C=O) groups excluding carboxylic acids is 1. The molecular weight excluding hydrogens is 381 g/mol. The van der Waals surface area contributed by atoms with Gasteiger partial charge in [0.25, 0.3) is 0 Å². The second-order valence-corrected chi connectivity index (χ2v) is 6.54. The van der Waals surface area contributed by atoms with Gasteiger partial charge in [-0.3, -0.25) is 9.59 Å². The maximum atomic E-state index is 12.1. The molecule has 0 saturated carbocycles. The average molecular weight is 396 g/mol. The molecule has 0 radical (unpaired) electrons. The zero-order chi connectivity index (χ0) is 18.7. The third-order valence-electron chi connectivity index (χ3n) is 3.91. The van der Waals surface area contributed by atoms with Gasteiger partial charge in [0.15, 0.2) is 0 Å². The number of hydrogen-bond acceptors (Lipinski definition) is 4. The van der Waals surface area contributed by atoms with Crippen molar-refractivity contribution < 1.29 is 24.2 Å². The Kier molecular flexibility index (Phi) is 5.54. The smallest absolute Gasteiger partial charge is 0.322 e. The second kappa shape index (κ2) is 7.85. The largest absolute Gasteiger partial charge is 0.492 e. The highest BCUT2D eigenvalue weighted by Crippen LogP contribution is 2.37. The molecular formula is C18H15Cl2NO5. The van der Waals surface area contributed by atoms with E-state index >= 15 is 0 Å². The lowest BCUT2D eigenvalue weighted by Crippen LogP contribution is -2.34. The van der Waals surface area contributed by atoms with Gasteiger partial charge in [-0.15, -0.1) is 0 Å². The standard InChI is InChI=1S/C18H15Cl2NO5/c19-11-2-1-10(15(20)5-11)8-25-12-3-4-13-14(9-26-16(13)6-12)18(24)21-7-17(22)23/h1-6,14H,7-9H2,(H,21,24)(H,22,23). The Hall–Kier alpha value is -2.44. The van der Waals surface area contributed by atoms with Crippen molar-refractivity contribution in [1.29, 1.82) is 0 Å². The maximum Gasteiger partial charge on any atom is 0.322 e. The van der Waals surface area contributed by atoms with Gasteiger partial charge in [-0.05, 0) is 18.2 Å². The molecule has 1 atom stereocenters. The van der Waals surface area contributed by atoms with Gasteiger partial charge in [0, 0.05) is 27.2 Å². The van der Waals surface area contributed by atoms with E-state index in [1.165, 1.54) is 0 Å². The Balaban J connectivity index is 1.66. The lowest BCUT2D eigenvalue weighted by atomic mass is 10.0. The number of fused-ring (bicyclic) bond motifs is 1. The van der Waals surface area contributed by atoms with E-state index in [1.54, 1.807) is 36.4 Å². The molecule has 2 aromatic rings. The number of carbonyl (C=O) groups is 2. The molecule has 3 rings (SSSR count). The van der Waals surface area contributed by atoms with Crippen molar-refractivity contribution in [3.63, 3.8) is 0 Å². The van der Waals surface area contributed by atoms with Crippen molar-refractivity contribution in [1.82, 2.24) is 5.32 Å². The first-order valence-corrected chi connectivity index (χ1v) is 8.52. The van der Waals surface area contributed by atoms with E-state index in [1.807, 2.05) is 0 Å². The Morgan fingerprint density at radius 2 is 2.04 bits per heavy atom. The minimum absolute atomic E-state index is 0.160. The number of benzene rings is 2. The van der Waals surface area contributed by atoms with Crippen LogP contribution in [0.25, 0.3) is 0 Å². The number of amides is 1. The molecule has 2 N–H and O–H groups in total. The molecule has 0 saturated heterocycles. The zero-order valence-electron chi connectivity index (χ0n) is 13.5. The third kappa shape index (κ3) is 4.20. The van der Waals surface area contributed by atoms with Crippen molar-refractivity contribution in [3.8, 4) is 11.5 Å². The van der Waals surface area contributed by atoms with Crippen LogP contribution in [0.4, 0.5) is 0 Å². The molecule has 1 aliphatic heterocycles. The highest BCUT2D eigenvalue weighted by molar-refractivity contribution is 6.35. The molecule has 2 aromatic carbocycles. The molecule has 1 heterocycles. The molecule has 8 heteroatoms. The second-order valence-electron chi connectivity index (χ2n) is 5.70. The van der Waals surface area contributed by atoms with Gasteiger partial charge in [0.1, 0.15) is 37.2 Å². The first-order chi connectivity index (χ1) is 12.4. The molecule has 0 aliphatic carbocycles. The molecule has 0 fully saturated rings. The minimum atomic E-state index is -1.10. The first-order valence-electron chi connectivity index (χ1n) is 7.77. The van der Waals surface area contributed by atoms with Gasteiger partial charge in [0.2, 0.25) is 5.91 Å². The summed E-state index contributed by atoms with van der Waals surface area (Å²) in [6.45, 7) is -0.00171. The first kappa shape index (κ1) is 18.4. The van der Waals surface area contributed by atoms with Crippen molar-refractivity contribution in [3.05, 3.63) is 57.6 Å². The van der Waals surface area contributed by atoms with E-state index in [0.717, 1.165) is 5.56 Å². The summed E-state index contributed by atoms with van der Waals surface area (Å²) in [6.07, 6.45) is 0. The average Bonchev–Trinajstić information content (AvgIpc) is 3.02. The Morgan fingerprint density at radius 1 is 1.23 bits per heavy atom. The summed E-state index contributed by atoms with van der Waals surface area (Å²) < 4.78 is 11.3. The van der Waals surface area contributed by atoms with Crippen LogP contribution >= 0.6 is 23.2 Å².